The minimum atomic E-state index is 0.0802. The topological polar surface area (TPSA) is 30.5 Å². The van der Waals surface area contributed by atoms with E-state index >= 15 is 0 Å². The van der Waals surface area contributed by atoms with Crippen LogP contribution in [0.3, 0.4) is 0 Å². The number of rotatable bonds is 6. The smallest absolute Gasteiger partial charge is 0.123 e. The molecule has 0 spiro atoms. The van der Waals surface area contributed by atoms with Crippen molar-refractivity contribution in [1.29, 1.82) is 0 Å². The van der Waals surface area contributed by atoms with E-state index in [1.165, 1.54) is 11.1 Å². The summed E-state index contributed by atoms with van der Waals surface area (Å²) in [5.41, 5.74) is 2.67. The maximum absolute atomic E-state index is 5.61. The Hall–Kier alpha value is -1.06. The third-order valence-corrected chi connectivity index (χ3v) is 3.93. The molecule has 1 aromatic rings. The highest BCUT2D eigenvalue weighted by atomic mass is 16.5. The number of hydrogen-bond acceptors (Lipinski definition) is 3. The van der Waals surface area contributed by atoms with Crippen molar-refractivity contribution in [3.05, 3.63) is 29.3 Å². The maximum Gasteiger partial charge on any atom is 0.123 e. The molecule has 0 saturated carbocycles. The highest BCUT2D eigenvalue weighted by molar-refractivity contribution is 5.45. The maximum atomic E-state index is 5.61. The van der Waals surface area contributed by atoms with Crippen LogP contribution in [0.1, 0.15) is 37.8 Å². The van der Waals surface area contributed by atoms with E-state index in [0.717, 1.165) is 32.1 Å². The van der Waals surface area contributed by atoms with Crippen molar-refractivity contribution in [1.82, 2.24) is 5.32 Å². The van der Waals surface area contributed by atoms with Crippen LogP contribution in [0.15, 0.2) is 18.2 Å². The second-order valence-corrected chi connectivity index (χ2v) is 5.67. The van der Waals surface area contributed by atoms with Gasteiger partial charge in [0.05, 0.1) is 25.7 Å². The normalized spacial score (nSPS) is 17.3. The van der Waals surface area contributed by atoms with E-state index in [2.05, 4.69) is 44.3 Å². The van der Waals surface area contributed by atoms with E-state index in [-0.39, 0.29) is 5.41 Å². The Morgan fingerprint density at radius 1 is 1.37 bits per heavy atom. The Kier molecular flexibility index (Phi) is 4.48. The molecule has 106 valence electrons. The predicted molar refractivity (Wildman–Crippen MR) is 78.1 cm³/mol. The molecule has 0 aliphatic carbocycles. The largest absolute Gasteiger partial charge is 0.496 e. The van der Waals surface area contributed by atoms with Gasteiger partial charge in [0.25, 0.3) is 0 Å². The summed E-state index contributed by atoms with van der Waals surface area (Å²) in [6.45, 7) is 10.0. The van der Waals surface area contributed by atoms with E-state index in [1.807, 2.05) is 0 Å². The first-order valence-electron chi connectivity index (χ1n) is 7.10. The van der Waals surface area contributed by atoms with Gasteiger partial charge in [0, 0.05) is 12.1 Å². The van der Waals surface area contributed by atoms with Crippen molar-refractivity contribution in [2.75, 3.05) is 33.4 Å². The standard InChI is InChI=1S/C16H25NO2/c1-5-17-9-16(10-19-11-16)14-7-6-13(12(2)3)8-15(14)18-4/h6-8,12,17H,5,9-11H2,1-4H3. The molecule has 1 aliphatic rings. The van der Waals surface area contributed by atoms with Gasteiger partial charge in [0.15, 0.2) is 0 Å². The van der Waals surface area contributed by atoms with Crippen LogP contribution in [0, 0.1) is 0 Å². The molecule has 2 rings (SSSR count). The first-order chi connectivity index (χ1) is 9.13. The molecule has 1 saturated heterocycles. The lowest BCUT2D eigenvalue weighted by Gasteiger charge is -2.42. The molecule has 3 nitrogen and oxygen atoms in total. The monoisotopic (exact) mass is 263 g/mol. The number of ether oxygens (including phenoxy) is 2. The Morgan fingerprint density at radius 3 is 2.58 bits per heavy atom. The van der Waals surface area contributed by atoms with Crippen LogP contribution in [0.2, 0.25) is 0 Å². The quantitative estimate of drug-likeness (QED) is 0.856. The average molecular weight is 263 g/mol. The lowest BCUT2D eigenvalue weighted by molar-refractivity contribution is -0.0597. The summed E-state index contributed by atoms with van der Waals surface area (Å²) in [6, 6.07) is 6.61. The van der Waals surface area contributed by atoms with Gasteiger partial charge in [0.2, 0.25) is 0 Å². The summed E-state index contributed by atoms with van der Waals surface area (Å²) in [6.07, 6.45) is 0. The van der Waals surface area contributed by atoms with Crippen molar-refractivity contribution in [2.24, 2.45) is 0 Å². The molecule has 0 aromatic heterocycles. The van der Waals surface area contributed by atoms with E-state index in [9.17, 15) is 0 Å². The van der Waals surface area contributed by atoms with Crippen molar-refractivity contribution >= 4 is 0 Å². The number of benzene rings is 1. The minimum Gasteiger partial charge on any atom is -0.496 e. The SMILES string of the molecule is CCNCC1(c2ccc(C(C)C)cc2OC)COC1. The molecule has 0 atom stereocenters. The van der Waals surface area contributed by atoms with Gasteiger partial charge in [-0.25, -0.2) is 0 Å². The minimum absolute atomic E-state index is 0.0802. The van der Waals surface area contributed by atoms with Crippen LogP contribution < -0.4 is 10.1 Å². The van der Waals surface area contributed by atoms with Gasteiger partial charge in [0.1, 0.15) is 5.75 Å². The molecule has 3 heteroatoms. The highest BCUT2D eigenvalue weighted by Gasteiger charge is 2.42. The molecule has 1 fully saturated rings. The van der Waals surface area contributed by atoms with Gasteiger partial charge in [-0.3, -0.25) is 0 Å². The van der Waals surface area contributed by atoms with Crippen LogP contribution in [0.25, 0.3) is 0 Å². The van der Waals surface area contributed by atoms with Crippen molar-refractivity contribution in [3.8, 4) is 5.75 Å². The fourth-order valence-corrected chi connectivity index (χ4v) is 2.57. The summed E-state index contributed by atoms with van der Waals surface area (Å²) in [5, 5.41) is 3.44. The van der Waals surface area contributed by atoms with E-state index in [4.69, 9.17) is 9.47 Å². The molecule has 0 radical (unpaired) electrons. The number of hydrogen-bond donors (Lipinski definition) is 1. The fourth-order valence-electron chi connectivity index (χ4n) is 2.57. The lowest BCUT2D eigenvalue weighted by atomic mass is 9.77. The van der Waals surface area contributed by atoms with Gasteiger partial charge >= 0.3 is 0 Å². The zero-order valence-electron chi connectivity index (χ0n) is 12.5. The third kappa shape index (κ3) is 2.77. The van der Waals surface area contributed by atoms with E-state index in [1.54, 1.807) is 7.11 Å². The average Bonchev–Trinajstić information content (AvgIpc) is 2.37. The van der Waals surface area contributed by atoms with Crippen LogP contribution in [-0.2, 0) is 10.2 Å². The second-order valence-electron chi connectivity index (χ2n) is 5.67. The molecule has 19 heavy (non-hydrogen) atoms. The van der Waals surface area contributed by atoms with Gasteiger partial charge in [-0.2, -0.15) is 0 Å². The molecular weight excluding hydrogens is 238 g/mol. The summed E-state index contributed by atoms with van der Waals surface area (Å²) < 4.78 is 11.1. The van der Waals surface area contributed by atoms with E-state index < -0.39 is 0 Å². The van der Waals surface area contributed by atoms with Crippen LogP contribution in [-0.4, -0.2) is 33.4 Å². The zero-order valence-corrected chi connectivity index (χ0v) is 12.5. The molecular formula is C16H25NO2. The first kappa shape index (κ1) is 14.4. The Morgan fingerprint density at radius 2 is 2.11 bits per heavy atom. The first-order valence-corrected chi connectivity index (χ1v) is 7.10. The Bertz CT molecular complexity index is 425. The molecule has 1 N–H and O–H groups in total. The second kappa shape index (κ2) is 5.93. The van der Waals surface area contributed by atoms with Gasteiger partial charge in [-0.15, -0.1) is 0 Å². The van der Waals surface area contributed by atoms with Crippen molar-refractivity contribution in [3.63, 3.8) is 0 Å². The third-order valence-electron chi connectivity index (χ3n) is 3.93. The predicted octanol–water partition coefficient (Wildman–Crippen LogP) is 2.70. The fraction of sp³-hybridized carbons (Fsp3) is 0.625. The number of likely N-dealkylation sites (N-methyl/N-ethyl adjacent to an activating group) is 1. The van der Waals surface area contributed by atoms with Crippen LogP contribution in [0.4, 0.5) is 0 Å². The molecule has 1 heterocycles. The van der Waals surface area contributed by atoms with E-state index in [0.29, 0.717) is 5.92 Å². The number of nitrogens with one attached hydrogen (secondary N) is 1. The number of methoxy groups -OCH3 is 1. The summed E-state index contributed by atoms with van der Waals surface area (Å²) in [4.78, 5) is 0. The summed E-state index contributed by atoms with van der Waals surface area (Å²) in [7, 11) is 1.75. The van der Waals surface area contributed by atoms with Crippen LogP contribution in [0.5, 0.6) is 5.75 Å². The summed E-state index contributed by atoms with van der Waals surface area (Å²) >= 11 is 0. The molecule has 0 amide bonds. The Balaban J connectivity index is 2.32. The lowest BCUT2D eigenvalue weighted by Crippen LogP contribution is -2.53. The molecule has 1 aliphatic heterocycles. The molecule has 0 bridgehead atoms. The Labute approximate surface area is 116 Å². The molecule has 0 unspecified atom stereocenters. The highest BCUT2D eigenvalue weighted by Crippen LogP contribution is 2.38. The van der Waals surface area contributed by atoms with Crippen molar-refractivity contribution < 1.29 is 9.47 Å². The summed E-state index contributed by atoms with van der Waals surface area (Å²) in [5.74, 6) is 1.51. The van der Waals surface area contributed by atoms with Crippen LogP contribution >= 0.6 is 0 Å². The zero-order chi connectivity index (χ0) is 13.9. The van der Waals surface area contributed by atoms with Gasteiger partial charge in [-0.1, -0.05) is 32.9 Å². The van der Waals surface area contributed by atoms with Gasteiger partial charge < -0.3 is 14.8 Å². The van der Waals surface area contributed by atoms with Crippen molar-refractivity contribution in [2.45, 2.75) is 32.1 Å². The molecule has 1 aromatic carbocycles. The van der Waals surface area contributed by atoms with Gasteiger partial charge in [-0.05, 0) is 24.1 Å².